The van der Waals surface area contributed by atoms with E-state index in [9.17, 15) is 4.79 Å². The highest BCUT2D eigenvalue weighted by atomic mass is 16.1. The summed E-state index contributed by atoms with van der Waals surface area (Å²) in [4.78, 5) is 10.8. The lowest BCUT2D eigenvalue weighted by Gasteiger charge is -1.99. The van der Waals surface area contributed by atoms with Crippen LogP contribution >= 0.6 is 0 Å². The minimum Gasteiger partial charge on any atom is -0.382 e. The number of carbonyl (C=O) groups excluding carboxylic acids is 1. The van der Waals surface area contributed by atoms with E-state index in [4.69, 9.17) is 5.73 Å². The number of aldehydes is 1. The summed E-state index contributed by atoms with van der Waals surface area (Å²) in [5, 5.41) is 6.56. The molecule has 0 unspecified atom stereocenters. The second-order valence-corrected chi connectivity index (χ2v) is 3.38. The third-order valence-electron chi connectivity index (χ3n) is 2.29. The van der Waals surface area contributed by atoms with Gasteiger partial charge in [-0.1, -0.05) is 29.8 Å². The lowest BCUT2D eigenvalue weighted by molar-refractivity contribution is 0.112. The van der Waals surface area contributed by atoms with Crippen LogP contribution in [0, 0.1) is 6.92 Å². The van der Waals surface area contributed by atoms with Gasteiger partial charge in [0, 0.05) is 5.56 Å². The molecule has 0 bridgehead atoms. The molecule has 1 aromatic carbocycles. The van der Waals surface area contributed by atoms with Crippen LogP contribution in [0.2, 0.25) is 0 Å². The van der Waals surface area contributed by atoms with Crippen molar-refractivity contribution in [2.45, 2.75) is 6.92 Å². The molecular formula is C11H11N3O. The number of carbonyl (C=O) groups is 1. The number of anilines is 1. The number of aromatic amines is 1. The summed E-state index contributed by atoms with van der Waals surface area (Å²) < 4.78 is 0. The minimum absolute atomic E-state index is 0.237. The smallest absolute Gasteiger partial charge is 0.156 e. The molecule has 0 aliphatic heterocycles. The first-order chi connectivity index (χ1) is 7.22. The van der Waals surface area contributed by atoms with Gasteiger partial charge in [0.2, 0.25) is 0 Å². The van der Waals surface area contributed by atoms with Crippen molar-refractivity contribution in [2.24, 2.45) is 0 Å². The zero-order valence-electron chi connectivity index (χ0n) is 8.32. The summed E-state index contributed by atoms with van der Waals surface area (Å²) in [7, 11) is 0. The zero-order valence-corrected chi connectivity index (χ0v) is 8.32. The predicted molar refractivity (Wildman–Crippen MR) is 58.6 cm³/mol. The Morgan fingerprint density at radius 2 is 2.00 bits per heavy atom. The second-order valence-electron chi connectivity index (χ2n) is 3.38. The number of nitrogens with two attached hydrogens (primary N) is 1. The summed E-state index contributed by atoms with van der Waals surface area (Å²) in [6.45, 7) is 2.01. The molecule has 4 nitrogen and oxygen atoms in total. The fraction of sp³-hybridized carbons (Fsp3) is 0.0909. The third kappa shape index (κ3) is 1.61. The molecule has 3 N–H and O–H groups in total. The first-order valence-corrected chi connectivity index (χ1v) is 4.58. The van der Waals surface area contributed by atoms with E-state index in [1.807, 2.05) is 31.2 Å². The predicted octanol–water partition coefficient (Wildman–Crippen LogP) is 1.78. The van der Waals surface area contributed by atoms with Crippen molar-refractivity contribution in [3.05, 3.63) is 35.4 Å². The number of hydrogen-bond acceptors (Lipinski definition) is 3. The van der Waals surface area contributed by atoms with E-state index >= 15 is 0 Å². The van der Waals surface area contributed by atoms with E-state index in [0.29, 0.717) is 17.5 Å². The van der Waals surface area contributed by atoms with Gasteiger partial charge in [0.25, 0.3) is 0 Å². The molecule has 0 amide bonds. The molecule has 15 heavy (non-hydrogen) atoms. The minimum atomic E-state index is 0.237. The molecule has 0 spiro atoms. The molecule has 0 fully saturated rings. The van der Waals surface area contributed by atoms with Gasteiger partial charge >= 0.3 is 0 Å². The van der Waals surface area contributed by atoms with Gasteiger partial charge in [0.05, 0.1) is 11.3 Å². The highest BCUT2D eigenvalue weighted by molar-refractivity contribution is 5.91. The lowest BCUT2D eigenvalue weighted by Crippen LogP contribution is -1.90. The molecule has 4 heteroatoms. The van der Waals surface area contributed by atoms with Crippen LogP contribution in [0.15, 0.2) is 24.3 Å². The lowest BCUT2D eigenvalue weighted by atomic mass is 10.1. The molecular weight excluding hydrogens is 190 g/mol. The van der Waals surface area contributed by atoms with Crippen LogP contribution in [0.1, 0.15) is 15.9 Å². The van der Waals surface area contributed by atoms with Crippen LogP contribution < -0.4 is 5.73 Å². The van der Waals surface area contributed by atoms with Gasteiger partial charge in [-0.2, -0.15) is 5.10 Å². The first kappa shape index (κ1) is 9.45. The maximum absolute atomic E-state index is 10.8. The number of benzene rings is 1. The Kier molecular flexibility index (Phi) is 2.25. The Labute approximate surface area is 87.1 Å². The molecule has 0 aliphatic rings. The average Bonchev–Trinajstić information content (AvgIpc) is 2.61. The largest absolute Gasteiger partial charge is 0.382 e. The summed E-state index contributed by atoms with van der Waals surface area (Å²) in [6, 6.07) is 7.80. The first-order valence-electron chi connectivity index (χ1n) is 4.58. The maximum Gasteiger partial charge on any atom is 0.156 e. The van der Waals surface area contributed by atoms with Crippen molar-refractivity contribution in [3.8, 4) is 11.3 Å². The average molecular weight is 201 g/mol. The fourth-order valence-corrected chi connectivity index (χ4v) is 1.42. The van der Waals surface area contributed by atoms with Crippen molar-refractivity contribution >= 4 is 12.1 Å². The van der Waals surface area contributed by atoms with Crippen molar-refractivity contribution in [1.29, 1.82) is 0 Å². The van der Waals surface area contributed by atoms with Crippen LogP contribution in [0.3, 0.4) is 0 Å². The molecule has 76 valence electrons. The second kappa shape index (κ2) is 3.57. The molecule has 0 aliphatic carbocycles. The normalized spacial score (nSPS) is 10.2. The number of aryl methyl sites for hydroxylation is 1. The Bertz CT molecular complexity index is 485. The van der Waals surface area contributed by atoms with Crippen LogP contribution in [0.4, 0.5) is 5.82 Å². The molecule has 2 aromatic rings. The zero-order chi connectivity index (χ0) is 10.8. The van der Waals surface area contributed by atoms with E-state index in [-0.39, 0.29) is 5.82 Å². The van der Waals surface area contributed by atoms with Gasteiger partial charge in [-0.25, -0.2) is 0 Å². The number of nitrogen functional groups attached to an aromatic ring is 1. The molecule has 1 heterocycles. The Morgan fingerprint density at radius 1 is 1.33 bits per heavy atom. The van der Waals surface area contributed by atoms with Gasteiger partial charge in [-0.05, 0) is 6.92 Å². The van der Waals surface area contributed by atoms with Crippen LogP contribution in [0.25, 0.3) is 11.3 Å². The number of rotatable bonds is 2. The standard InChI is InChI=1S/C11H11N3O/c1-7-2-4-8(5-3-7)10-9(6-15)11(12)14-13-10/h2-6H,1H3,(H3,12,13,14). The van der Waals surface area contributed by atoms with E-state index in [1.54, 1.807) is 0 Å². The Balaban J connectivity index is 2.53. The van der Waals surface area contributed by atoms with Crippen LogP contribution in [-0.4, -0.2) is 16.5 Å². The summed E-state index contributed by atoms with van der Waals surface area (Å²) in [6.07, 6.45) is 0.716. The third-order valence-corrected chi connectivity index (χ3v) is 2.29. The fourth-order valence-electron chi connectivity index (χ4n) is 1.42. The van der Waals surface area contributed by atoms with Crippen molar-refractivity contribution < 1.29 is 4.79 Å². The molecule has 0 atom stereocenters. The van der Waals surface area contributed by atoms with E-state index in [2.05, 4.69) is 10.2 Å². The monoisotopic (exact) mass is 201 g/mol. The van der Waals surface area contributed by atoms with E-state index < -0.39 is 0 Å². The van der Waals surface area contributed by atoms with E-state index in [1.165, 1.54) is 5.56 Å². The summed E-state index contributed by atoms with van der Waals surface area (Å²) in [5.41, 5.74) is 8.70. The van der Waals surface area contributed by atoms with Gasteiger partial charge < -0.3 is 5.73 Å². The number of nitrogens with zero attached hydrogens (tertiary/aromatic N) is 1. The quantitative estimate of drug-likeness (QED) is 0.727. The molecule has 1 aromatic heterocycles. The summed E-state index contributed by atoms with van der Waals surface area (Å²) in [5.74, 6) is 0.237. The number of nitrogens with one attached hydrogen (secondary N) is 1. The molecule has 0 saturated heterocycles. The number of hydrogen-bond donors (Lipinski definition) is 2. The topological polar surface area (TPSA) is 71.8 Å². The van der Waals surface area contributed by atoms with Gasteiger partial charge in [0.15, 0.2) is 12.1 Å². The SMILES string of the molecule is Cc1ccc(-c2[nH]nc(N)c2C=O)cc1. The summed E-state index contributed by atoms with van der Waals surface area (Å²) >= 11 is 0. The highest BCUT2D eigenvalue weighted by Crippen LogP contribution is 2.23. The van der Waals surface area contributed by atoms with Crippen molar-refractivity contribution in [2.75, 3.05) is 5.73 Å². The number of aromatic nitrogens is 2. The Hall–Kier alpha value is -2.10. The molecule has 2 rings (SSSR count). The van der Waals surface area contributed by atoms with Crippen molar-refractivity contribution in [3.63, 3.8) is 0 Å². The Morgan fingerprint density at radius 3 is 2.60 bits per heavy atom. The van der Waals surface area contributed by atoms with Crippen LogP contribution in [-0.2, 0) is 0 Å². The van der Waals surface area contributed by atoms with Gasteiger partial charge in [-0.15, -0.1) is 0 Å². The molecule has 0 saturated carbocycles. The van der Waals surface area contributed by atoms with Crippen LogP contribution in [0.5, 0.6) is 0 Å². The van der Waals surface area contributed by atoms with E-state index in [0.717, 1.165) is 5.56 Å². The molecule has 0 radical (unpaired) electrons. The maximum atomic E-state index is 10.8. The van der Waals surface area contributed by atoms with Gasteiger partial charge in [0.1, 0.15) is 0 Å². The van der Waals surface area contributed by atoms with Gasteiger partial charge in [-0.3, -0.25) is 9.89 Å². The highest BCUT2D eigenvalue weighted by Gasteiger charge is 2.10. The number of H-pyrrole nitrogens is 1. The van der Waals surface area contributed by atoms with Crippen molar-refractivity contribution in [1.82, 2.24) is 10.2 Å².